The zero-order valence-electron chi connectivity index (χ0n) is 15.5. The van der Waals surface area contributed by atoms with Crippen molar-refractivity contribution in [2.45, 2.75) is 6.92 Å². The predicted molar refractivity (Wildman–Crippen MR) is 117 cm³/mol. The summed E-state index contributed by atoms with van der Waals surface area (Å²) in [6, 6.07) is 16.8. The average molecular weight is 411 g/mol. The fraction of sp³-hybridized carbons (Fsp3) is 0.0909. The number of rotatable bonds is 5. The Kier molecular flexibility index (Phi) is 6.29. The predicted octanol–water partition coefficient (Wildman–Crippen LogP) is 5.39. The van der Waals surface area contributed by atoms with Crippen LogP contribution in [-0.4, -0.2) is 18.9 Å². The first kappa shape index (κ1) is 19.9. The maximum atomic E-state index is 12.3. The molecule has 1 aromatic heterocycles. The highest BCUT2D eigenvalue weighted by molar-refractivity contribution is 7.16. The van der Waals surface area contributed by atoms with Gasteiger partial charge in [0, 0.05) is 44.7 Å². The molecule has 3 rings (SSSR count). The molecule has 0 aliphatic rings. The van der Waals surface area contributed by atoms with Gasteiger partial charge in [-0.1, -0.05) is 35.9 Å². The third kappa shape index (κ3) is 4.50. The molecule has 2 amide bonds. The Hall–Kier alpha value is -2.89. The molecule has 0 aliphatic heterocycles. The smallest absolute Gasteiger partial charge is 0.251 e. The molecule has 0 bridgehead atoms. The van der Waals surface area contributed by atoms with Crippen LogP contribution in [0, 0.1) is 6.92 Å². The quantitative estimate of drug-likeness (QED) is 0.554. The molecule has 4 nitrogen and oxygen atoms in total. The van der Waals surface area contributed by atoms with Crippen LogP contribution < -0.4 is 10.6 Å². The average Bonchev–Trinajstić information content (AvgIpc) is 3.16. The minimum Gasteiger partial charge on any atom is -0.355 e. The second-order valence-electron chi connectivity index (χ2n) is 6.06. The minimum atomic E-state index is -0.259. The highest BCUT2D eigenvalue weighted by Gasteiger charge is 2.11. The van der Waals surface area contributed by atoms with Gasteiger partial charge in [0.25, 0.3) is 5.91 Å². The Morgan fingerprint density at radius 2 is 1.82 bits per heavy atom. The van der Waals surface area contributed by atoms with Gasteiger partial charge in [-0.3, -0.25) is 9.59 Å². The van der Waals surface area contributed by atoms with Gasteiger partial charge in [-0.15, -0.1) is 11.3 Å². The summed E-state index contributed by atoms with van der Waals surface area (Å²) in [5.74, 6) is -0.445. The molecule has 0 saturated carbocycles. The van der Waals surface area contributed by atoms with Gasteiger partial charge in [-0.2, -0.15) is 0 Å². The van der Waals surface area contributed by atoms with Gasteiger partial charge in [0.2, 0.25) is 5.91 Å². The molecule has 6 heteroatoms. The Bertz CT molecular complexity index is 1060. The molecule has 0 atom stereocenters. The Morgan fingerprint density at radius 3 is 2.57 bits per heavy atom. The number of halogens is 1. The summed E-state index contributed by atoms with van der Waals surface area (Å²) in [7, 11) is 1.58. The van der Waals surface area contributed by atoms with E-state index in [1.54, 1.807) is 49.6 Å². The number of amides is 2. The zero-order chi connectivity index (χ0) is 20.1. The molecule has 0 aliphatic carbocycles. The van der Waals surface area contributed by atoms with Crippen molar-refractivity contribution in [1.82, 2.24) is 5.32 Å². The van der Waals surface area contributed by atoms with Gasteiger partial charge in [-0.25, -0.2) is 0 Å². The van der Waals surface area contributed by atoms with Gasteiger partial charge in [0.05, 0.1) is 0 Å². The highest BCUT2D eigenvalue weighted by atomic mass is 35.5. The number of benzene rings is 2. The van der Waals surface area contributed by atoms with E-state index in [-0.39, 0.29) is 11.8 Å². The molecule has 0 saturated heterocycles. The van der Waals surface area contributed by atoms with Crippen LogP contribution in [-0.2, 0) is 4.79 Å². The van der Waals surface area contributed by atoms with Crippen LogP contribution in [0.15, 0.2) is 60.7 Å². The lowest BCUT2D eigenvalue weighted by Gasteiger charge is -2.10. The highest BCUT2D eigenvalue weighted by Crippen LogP contribution is 2.33. The van der Waals surface area contributed by atoms with E-state index < -0.39 is 0 Å². The molecule has 0 spiro atoms. The first-order valence-corrected chi connectivity index (χ1v) is 9.84. The molecule has 1 heterocycles. The third-order valence-electron chi connectivity index (χ3n) is 4.23. The van der Waals surface area contributed by atoms with Crippen LogP contribution in [0.5, 0.6) is 0 Å². The van der Waals surface area contributed by atoms with Gasteiger partial charge in [0.1, 0.15) is 0 Å². The van der Waals surface area contributed by atoms with Crippen molar-refractivity contribution in [2.75, 3.05) is 12.4 Å². The number of nitrogens with one attached hydrogen (secondary N) is 2. The van der Waals surface area contributed by atoms with Crippen molar-refractivity contribution < 1.29 is 9.59 Å². The molecule has 2 N–H and O–H groups in total. The first-order valence-electron chi connectivity index (χ1n) is 8.65. The van der Waals surface area contributed by atoms with Crippen LogP contribution >= 0.6 is 22.9 Å². The van der Waals surface area contributed by atoms with Crippen molar-refractivity contribution in [1.29, 1.82) is 0 Å². The SMILES string of the molecule is CNC(=O)c1cccc(NC(=O)C=Cc2ccc(-c3ccccc3Cl)s2)c1C. The lowest BCUT2D eigenvalue weighted by Crippen LogP contribution is -2.20. The standard InChI is InChI=1S/C22H19ClN2O2S/c1-14-16(22(27)24-2)7-5-9-19(14)25-21(26)13-11-15-10-12-20(28-15)17-6-3-4-8-18(17)23/h3-13H,1-2H3,(H,24,27)(H,25,26). The van der Waals surface area contributed by atoms with Gasteiger partial charge >= 0.3 is 0 Å². The summed E-state index contributed by atoms with van der Waals surface area (Å²) < 4.78 is 0. The van der Waals surface area contributed by atoms with E-state index >= 15 is 0 Å². The molecule has 3 aromatic rings. The van der Waals surface area contributed by atoms with E-state index in [0.717, 1.165) is 20.9 Å². The number of hydrogen-bond acceptors (Lipinski definition) is 3. The number of hydrogen-bond donors (Lipinski definition) is 2. The lowest BCUT2D eigenvalue weighted by atomic mass is 10.1. The fourth-order valence-electron chi connectivity index (χ4n) is 2.73. The van der Waals surface area contributed by atoms with Crippen LogP contribution in [0.4, 0.5) is 5.69 Å². The van der Waals surface area contributed by atoms with Gasteiger partial charge in [-0.05, 0) is 48.9 Å². The second kappa shape index (κ2) is 8.87. The van der Waals surface area contributed by atoms with Crippen LogP contribution in [0.3, 0.4) is 0 Å². The van der Waals surface area contributed by atoms with Gasteiger partial charge < -0.3 is 10.6 Å². The van der Waals surface area contributed by atoms with Crippen LogP contribution in [0.1, 0.15) is 20.8 Å². The summed E-state index contributed by atoms with van der Waals surface area (Å²) in [5, 5.41) is 6.12. The monoisotopic (exact) mass is 410 g/mol. The molecule has 0 radical (unpaired) electrons. The normalized spacial score (nSPS) is 10.8. The summed E-state index contributed by atoms with van der Waals surface area (Å²) in [6.07, 6.45) is 3.24. The van der Waals surface area contributed by atoms with Crippen molar-refractivity contribution >= 4 is 46.5 Å². The van der Waals surface area contributed by atoms with E-state index in [9.17, 15) is 9.59 Å². The molecule has 0 fully saturated rings. The molecule has 0 unspecified atom stereocenters. The summed E-state index contributed by atoms with van der Waals surface area (Å²) in [4.78, 5) is 26.2. The molecular formula is C22H19ClN2O2S. The van der Waals surface area contributed by atoms with E-state index in [2.05, 4.69) is 10.6 Å². The first-order chi connectivity index (χ1) is 13.5. The lowest BCUT2D eigenvalue weighted by molar-refractivity contribution is -0.111. The topological polar surface area (TPSA) is 58.2 Å². The third-order valence-corrected chi connectivity index (χ3v) is 5.64. The van der Waals surface area contributed by atoms with Gasteiger partial charge in [0.15, 0.2) is 0 Å². The summed E-state index contributed by atoms with van der Waals surface area (Å²) in [6.45, 7) is 1.80. The number of thiophene rings is 1. The van der Waals surface area contributed by atoms with Crippen molar-refractivity contribution in [3.05, 3.63) is 81.7 Å². The Morgan fingerprint density at radius 1 is 1.04 bits per heavy atom. The Balaban J connectivity index is 1.72. The van der Waals surface area contributed by atoms with E-state index in [1.807, 2.05) is 36.4 Å². The Labute approximate surface area is 172 Å². The number of carbonyl (C=O) groups is 2. The maximum absolute atomic E-state index is 12.3. The fourth-order valence-corrected chi connectivity index (χ4v) is 3.98. The van der Waals surface area contributed by atoms with E-state index in [1.165, 1.54) is 6.08 Å². The minimum absolute atomic E-state index is 0.185. The number of carbonyl (C=O) groups excluding carboxylic acids is 2. The van der Waals surface area contributed by atoms with Crippen molar-refractivity contribution in [2.24, 2.45) is 0 Å². The van der Waals surface area contributed by atoms with E-state index in [0.29, 0.717) is 16.3 Å². The van der Waals surface area contributed by atoms with E-state index in [4.69, 9.17) is 11.6 Å². The van der Waals surface area contributed by atoms with Crippen molar-refractivity contribution in [3.8, 4) is 10.4 Å². The summed E-state index contributed by atoms with van der Waals surface area (Å²) >= 11 is 7.80. The molecular weight excluding hydrogens is 392 g/mol. The molecule has 142 valence electrons. The molecule has 2 aromatic carbocycles. The molecule has 28 heavy (non-hydrogen) atoms. The van der Waals surface area contributed by atoms with Crippen LogP contribution in [0.25, 0.3) is 16.5 Å². The van der Waals surface area contributed by atoms with Crippen molar-refractivity contribution in [3.63, 3.8) is 0 Å². The second-order valence-corrected chi connectivity index (χ2v) is 7.58. The number of anilines is 1. The van der Waals surface area contributed by atoms with Crippen LogP contribution in [0.2, 0.25) is 5.02 Å². The maximum Gasteiger partial charge on any atom is 0.251 e. The summed E-state index contributed by atoms with van der Waals surface area (Å²) in [5.41, 5.74) is 2.84. The zero-order valence-corrected chi connectivity index (χ0v) is 17.0. The largest absolute Gasteiger partial charge is 0.355 e.